The first-order chi connectivity index (χ1) is 9.19. The molecule has 104 valence electrons. The Kier molecular flexibility index (Phi) is 4.01. The zero-order valence-corrected chi connectivity index (χ0v) is 12.3. The Balaban J connectivity index is 1.63. The molecule has 5 heteroatoms. The van der Waals surface area contributed by atoms with Gasteiger partial charge >= 0.3 is 0 Å². The van der Waals surface area contributed by atoms with Crippen molar-refractivity contribution in [3.05, 3.63) is 33.8 Å². The van der Waals surface area contributed by atoms with Crippen LogP contribution in [0.2, 0.25) is 10.0 Å². The molecule has 2 saturated heterocycles. The summed E-state index contributed by atoms with van der Waals surface area (Å²) < 4.78 is 11.5. The average molecular weight is 303 g/mol. The molecule has 0 aliphatic carbocycles. The number of benzene rings is 1. The fraction of sp³-hybridized carbons (Fsp3) is 0.571. The van der Waals surface area contributed by atoms with Crippen molar-refractivity contribution in [2.24, 2.45) is 0 Å². The SMILES string of the molecule is Clc1cccc(Cl)c1C[NH+]1CCC2(CC1)OCCO2. The number of halogens is 2. The first-order valence-corrected chi connectivity index (χ1v) is 7.48. The van der Waals surface area contributed by atoms with Crippen LogP contribution in [0, 0.1) is 0 Å². The van der Waals surface area contributed by atoms with Crippen LogP contribution in [0.3, 0.4) is 0 Å². The Morgan fingerprint density at radius 3 is 2.21 bits per heavy atom. The monoisotopic (exact) mass is 302 g/mol. The normalized spacial score (nSPS) is 23.1. The average Bonchev–Trinajstić information content (AvgIpc) is 2.85. The summed E-state index contributed by atoms with van der Waals surface area (Å²) in [6.07, 6.45) is 1.90. The molecule has 0 aromatic heterocycles. The molecule has 0 saturated carbocycles. The lowest BCUT2D eigenvalue weighted by Crippen LogP contribution is -3.12. The number of piperidine rings is 1. The first kappa shape index (κ1) is 13.7. The van der Waals surface area contributed by atoms with E-state index in [0.717, 1.165) is 61.3 Å². The summed E-state index contributed by atoms with van der Waals surface area (Å²) in [5.41, 5.74) is 1.05. The number of nitrogens with one attached hydrogen (secondary N) is 1. The number of rotatable bonds is 2. The molecule has 1 spiro atoms. The molecule has 2 aliphatic heterocycles. The van der Waals surface area contributed by atoms with Gasteiger partial charge in [-0.2, -0.15) is 0 Å². The van der Waals surface area contributed by atoms with Crippen LogP contribution in [-0.4, -0.2) is 32.1 Å². The second kappa shape index (κ2) is 5.58. The van der Waals surface area contributed by atoms with Gasteiger partial charge in [-0.15, -0.1) is 0 Å². The van der Waals surface area contributed by atoms with E-state index >= 15 is 0 Å². The number of quaternary nitrogens is 1. The summed E-state index contributed by atoms with van der Waals surface area (Å²) in [4.78, 5) is 1.49. The molecule has 1 aromatic carbocycles. The molecule has 0 radical (unpaired) electrons. The molecule has 3 rings (SSSR count). The van der Waals surface area contributed by atoms with E-state index in [1.165, 1.54) is 4.90 Å². The summed E-state index contributed by atoms with van der Waals surface area (Å²) in [5, 5.41) is 1.52. The highest BCUT2D eigenvalue weighted by molar-refractivity contribution is 6.35. The van der Waals surface area contributed by atoms with Crippen LogP contribution in [0.4, 0.5) is 0 Å². The molecule has 1 aromatic rings. The third kappa shape index (κ3) is 2.91. The van der Waals surface area contributed by atoms with Gasteiger partial charge in [-0.05, 0) is 12.1 Å². The van der Waals surface area contributed by atoms with Crippen LogP contribution in [0.5, 0.6) is 0 Å². The van der Waals surface area contributed by atoms with E-state index in [9.17, 15) is 0 Å². The van der Waals surface area contributed by atoms with Crippen molar-refractivity contribution in [3.63, 3.8) is 0 Å². The van der Waals surface area contributed by atoms with Crippen molar-refractivity contribution >= 4 is 23.2 Å². The number of likely N-dealkylation sites (tertiary alicyclic amines) is 1. The first-order valence-electron chi connectivity index (χ1n) is 6.73. The van der Waals surface area contributed by atoms with Gasteiger partial charge in [0.15, 0.2) is 5.79 Å². The van der Waals surface area contributed by atoms with Gasteiger partial charge in [0, 0.05) is 5.56 Å². The maximum Gasteiger partial charge on any atom is 0.179 e. The summed E-state index contributed by atoms with van der Waals surface area (Å²) in [7, 11) is 0. The van der Waals surface area contributed by atoms with E-state index in [2.05, 4.69) is 0 Å². The minimum atomic E-state index is -0.298. The molecule has 2 fully saturated rings. The number of ether oxygens (including phenoxy) is 2. The zero-order valence-electron chi connectivity index (χ0n) is 10.8. The zero-order chi connectivity index (χ0) is 13.3. The van der Waals surface area contributed by atoms with Gasteiger partial charge in [0.2, 0.25) is 0 Å². The van der Waals surface area contributed by atoms with Crippen molar-refractivity contribution in [3.8, 4) is 0 Å². The summed E-state index contributed by atoms with van der Waals surface area (Å²) in [6, 6.07) is 5.68. The van der Waals surface area contributed by atoms with Crippen molar-refractivity contribution in [1.82, 2.24) is 0 Å². The largest absolute Gasteiger partial charge is 0.347 e. The Morgan fingerprint density at radius 2 is 1.63 bits per heavy atom. The fourth-order valence-electron chi connectivity index (χ4n) is 2.90. The highest BCUT2D eigenvalue weighted by Gasteiger charge is 2.41. The maximum atomic E-state index is 6.22. The van der Waals surface area contributed by atoms with Crippen LogP contribution in [0.1, 0.15) is 18.4 Å². The predicted octanol–water partition coefficient (Wildman–Crippen LogP) is 1.92. The lowest BCUT2D eigenvalue weighted by molar-refractivity contribution is -0.922. The van der Waals surface area contributed by atoms with Crippen molar-refractivity contribution in [2.45, 2.75) is 25.2 Å². The third-order valence-electron chi connectivity index (χ3n) is 4.02. The van der Waals surface area contributed by atoms with Gasteiger partial charge in [-0.25, -0.2) is 0 Å². The fourth-order valence-corrected chi connectivity index (χ4v) is 3.43. The molecule has 0 unspecified atom stereocenters. The van der Waals surface area contributed by atoms with E-state index in [4.69, 9.17) is 32.7 Å². The summed E-state index contributed by atoms with van der Waals surface area (Å²) in [6.45, 7) is 4.38. The van der Waals surface area contributed by atoms with Gasteiger partial charge in [-0.1, -0.05) is 29.3 Å². The maximum absolute atomic E-state index is 6.22. The molecule has 1 N–H and O–H groups in total. The summed E-state index contributed by atoms with van der Waals surface area (Å²) in [5.74, 6) is -0.298. The van der Waals surface area contributed by atoms with Crippen LogP contribution < -0.4 is 4.90 Å². The second-order valence-corrected chi connectivity index (χ2v) is 6.05. The van der Waals surface area contributed by atoms with Gasteiger partial charge in [0.25, 0.3) is 0 Å². The van der Waals surface area contributed by atoms with E-state index in [-0.39, 0.29) is 5.79 Å². The highest BCUT2D eigenvalue weighted by atomic mass is 35.5. The van der Waals surface area contributed by atoms with Crippen LogP contribution in [0.25, 0.3) is 0 Å². The Hall–Kier alpha value is -0.320. The van der Waals surface area contributed by atoms with E-state index < -0.39 is 0 Å². The van der Waals surface area contributed by atoms with Gasteiger partial charge in [0.1, 0.15) is 6.54 Å². The molecule has 0 bridgehead atoms. The molecular formula is C14H18Cl2NO2+. The Bertz CT molecular complexity index is 431. The second-order valence-electron chi connectivity index (χ2n) is 5.23. The molecule has 2 aliphatic rings. The summed E-state index contributed by atoms with van der Waals surface area (Å²) >= 11 is 12.4. The van der Waals surface area contributed by atoms with Gasteiger partial charge in [0.05, 0.1) is 49.2 Å². The lowest BCUT2D eigenvalue weighted by Gasteiger charge is -2.35. The van der Waals surface area contributed by atoms with E-state index in [1.54, 1.807) is 0 Å². The molecule has 19 heavy (non-hydrogen) atoms. The molecule has 3 nitrogen and oxygen atoms in total. The van der Waals surface area contributed by atoms with Crippen molar-refractivity contribution in [1.29, 1.82) is 0 Å². The van der Waals surface area contributed by atoms with Crippen molar-refractivity contribution in [2.75, 3.05) is 26.3 Å². The van der Waals surface area contributed by atoms with E-state index in [1.807, 2.05) is 18.2 Å². The van der Waals surface area contributed by atoms with Gasteiger partial charge in [-0.3, -0.25) is 0 Å². The Morgan fingerprint density at radius 1 is 1.05 bits per heavy atom. The van der Waals surface area contributed by atoms with Gasteiger partial charge < -0.3 is 14.4 Å². The predicted molar refractivity (Wildman–Crippen MR) is 74.7 cm³/mol. The molecule has 0 atom stereocenters. The third-order valence-corrected chi connectivity index (χ3v) is 4.73. The van der Waals surface area contributed by atoms with E-state index in [0.29, 0.717) is 0 Å². The van der Waals surface area contributed by atoms with Crippen LogP contribution in [0.15, 0.2) is 18.2 Å². The molecular weight excluding hydrogens is 285 g/mol. The minimum Gasteiger partial charge on any atom is -0.347 e. The van der Waals surface area contributed by atoms with Crippen molar-refractivity contribution < 1.29 is 14.4 Å². The highest BCUT2D eigenvalue weighted by Crippen LogP contribution is 2.28. The molecule has 2 heterocycles. The number of hydrogen-bond donors (Lipinski definition) is 1. The van der Waals surface area contributed by atoms with Crippen LogP contribution in [-0.2, 0) is 16.0 Å². The standard InChI is InChI=1S/C14H17Cl2NO2/c15-12-2-1-3-13(16)11(12)10-17-6-4-14(5-7-17)18-8-9-19-14/h1-3H,4-10H2/p+1. The van der Waals surface area contributed by atoms with Crippen LogP contribution >= 0.6 is 23.2 Å². The Labute approximate surface area is 123 Å². The lowest BCUT2D eigenvalue weighted by atomic mass is 10.0. The minimum absolute atomic E-state index is 0.298. The molecule has 0 amide bonds. The topological polar surface area (TPSA) is 22.9 Å². The number of hydrogen-bond acceptors (Lipinski definition) is 2. The quantitative estimate of drug-likeness (QED) is 0.902. The smallest absolute Gasteiger partial charge is 0.179 e.